The molecule has 426 valence electrons. The van der Waals surface area contributed by atoms with Crippen LogP contribution in [0.4, 0.5) is 6.01 Å². The minimum Gasteiger partial charge on any atom is -0.462 e. The van der Waals surface area contributed by atoms with E-state index in [1.54, 1.807) is 13.8 Å². The number of ether oxygens (including phenoxy) is 2. The summed E-state index contributed by atoms with van der Waals surface area (Å²) in [4.78, 5) is 41.1. The maximum absolute atomic E-state index is 14.4. The molecule has 4 saturated carbocycles. The van der Waals surface area contributed by atoms with E-state index in [0.717, 1.165) is 75.4 Å². The Bertz CT molecular complexity index is 2110. The fourth-order valence-corrected chi connectivity index (χ4v) is 16.5. The van der Waals surface area contributed by atoms with E-state index in [1.165, 1.54) is 128 Å². The highest BCUT2D eigenvalue weighted by molar-refractivity contribution is 6.02. The van der Waals surface area contributed by atoms with Gasteiger partial charge in [0.2, 0.25) is 5.89 Å². The highest BCUT2D eigenvalue weighted by Gasteiger charge is 2.70. The summed E-state index contributed by atoms with van der Waals surface area (Å²) in [5, 5.41) is 13.1. The van der Waals surface area contributed by atoms with Crippen LogP contribution in [0.2, 0.25) is 0 Å². The first kappa shape index (κ1) is 61.2. The molecule has 0 aliphatic heterocycles. The lowest BCUT2D eigenvalue weighted by Crippen LogP contribution is -2.66. The van der Waals surface area contributed by atoms with Crippen molar-refractivity contribution in [1.82, 2.24) is 10.2 Å². The van der Waals surface area contributed by atoms with Crippen molar-refractivity contribution in [3.63, 3.8) is 0 Å². The number of Topliss-reactive ketones (excluding diaryl/α,β-unsaturated/α-hetero) is 1. The van der Waals surface area contributed by atoms with Crippen molar-refractivity contribution in [1.29, 1.82) is 0 Å². The van der Waals surface area contributed by atoms with Crippen molar-refractivity contribution in [2.45, 2.75) is 313 Å². The number of hydrogen-bond donors (Lipinski definition) is 1. The molecule has 0 amide bonds. The molecule has 75 heavy (non-hydrogen) atoms. The van der Waals surface area contributed by atoms with Crippen molar-refractivity contribution < 1.29 is 28.3 Å². The molecule has 1 N–H and O–H groups in total. The van der Waals surface area contributed by atoms with Gasteiger partial charge in [-0.25, -0.2) is 0 Å². The first-order chi connectivity index (χ1) is 35.4. The number of hydrogen-bond acceptors (Lipinski definition) is 9. The zero-order chi connectivity index (χ0) is 54.9. The first-order valence-corrected chi connectivity index (χ1v) is 31.4. The summed E-state index contributed by atoms with van der Waals surface area (Å²) in [6.45, 7) is 30.4. The Kier molecular flexibility index (Phi) is 21.1. The molecule has 4 fully saturated rings. The third-order valence-electron chi connectivity index (χ3n) is 20.8. The molecule has 1 aromatic heterocycles. The van der Waals surface area contributed by atoms with Gasteiger partial charge in [-0.05, 0) is 156 Å². The predicted molar refractivity (Wildman–Crippen MR) is 308 cm³/mol. The molecule has 0 aromatic carbocycles. The summed E-state index contributed by atoms with van der Waals surface area (Å²) >= 11 is 0. The summed E-state index contributed by atoms with van der Waals surface area (Å²) in [5.74, 6) is 1.48. The zero-order valence-corrected chi connectivity index (χ0v) is 50.7. The number of nitrogens with one attached hydrogen (secondary N) is 1. The van der Waals surface area contributed by atoms with Crippen LogP contribution in [-0.4, -0.2) is 45.2 Å². The van der Waals surface area contributed by atoms with Crippen LogP contribution in [0, 0.1) is 50.7 Å². The Hall–Kier alpha value is -2.97. The topological polar surface area (TPSA) is 121 Å². The molecular weight excluding hydrogens is 931 g/mol. The second-order valence-corrected chi connectivity index (χ2v) is 28.5. The minimum atomic E-state index is -0.977. The summed E-state index contributed by atoms with van der Waals surface area (Å²) in [5.41, 5.74) is 1.27. The molecule has 5 aliphatic rings. The minimum absolute atomic E-state index is 0.0000539. The Morgan fingerprint density at radius 3 is 1.83 bits per heavy atom. The van der Waals surface area contributed by atoms with Crippen LogP contribution in [0.15, 0.2) is 21.6 Å². The van der Waals surface area contributed by atoms with Crippen molar-refractivity contribution in [2.75, 3.05) is 5.32 Å². The molecule has 1 unspecified atom stereocenters. The number of rotatable bonds is 29. The maximum atomic E-state index is 14.4. The second-order valence-electron chi connectivity index (χ2n) is 28.5. The highest BCUT2D eigenvalue weighted by Crippen LogP contribution is 2.76. The van der Waals surface area contributed by atoms with Crippen LogP contribution in [-0.2, 0) is 23.9 Å². The number of nitrogens with zero attached hydrogens (tertiary/aromatic N) is 2. The maximum Gasteiger partial charge on any atom is 0.316 e. The van der Waals surface area contributed by atoms with Gasteiger partial charge in [0.1, 0.15) is 11.7 Å². The van der Waals surface area contributed by atoms with Crippen molar-refractivity contribution in [3.8, 4) is 0 Å². The van der Waals surface area contributed by atoms with Gasteiger partial charge in [0.15, 0.2) is 5.78 Å². The van der Waals surface area contributed by atoms with Crippen LogP contribution in [0.3, 0.4) is 0 Å². The van der Waals surface area contributed by atoms with Gasteiger partial charge < -0.3 is 19.2 Å². The smallest absolute Gasteiger partial charge is 0.316 e. The number of esters is 2. The van der Waals surface area contributed by atoms with Crippen LogP contribution < -0.4 is 5.32 Å². The fourth-order valence-electron chi connectivity index (χ4n) is 16.5. The monoisotopic (exact) mass is 1040 g/mol. The van der Waals surface area contributed by atoms with Gasteiger partial charge in [0.05, 0.1) is 17.4 Å². The van der Waals surface area contributed by atoms with Crippen LogP contribution in [0.25, 0.3) is 5.57 Å². The van der Waals surface area contributed by atoms with E-state index in [-0.39, 0.29) is 63.7 Å². The first-order valence-electron chi connectivity index (χ1n) is 31.4. The lowest BCUT2D eigenvalue weighted by atomic mass is 9.33. The van der Waals surface area contributed by atoms with Crippen molar-refractivity contribution >= 4 is 29.3 Å². The molecule has 0 bridgehead atoms. The van der Waals surface area contributed by atoms with E-state index in [0.29, 0.717) is 30.2 Å². The van der Waals surface area contributed by atoms with Crippen LogP contribution in [0.1, 0.15) is 302 Å². The third kappa shape index (κ3) is 14.1. The lowest BCUT2D eigenvalue weighted by Gasteiger charge is -2.72. The molecule has 0 saturated heterocycles. The second kappa shape index (κ2) is 25.9. The molecule has 0 spiro atoms. The summed E-state index contributed by atoms with van der Waals surface area (Å²) in [6.07, 6.45) is 38.8. The van der Waals surface area contributed by atoms with E-state index in [9.17, 15) is 14.4 Å². The molecule has 9 heteroatoms. The molecule has 8 atom stereocenters. The molecule has 9 nitrogen and oxygen atoms in total. The highest BCUT2D eigenvalue weighted by atomic mass is 16.6. The van der Waals surface area contributed by atoms with Gasteiger partial charge in [-0.2, -0.15) is 0 Å². The number of fused-ring (bicyclic) bond motifs is 7. The number of carbonyl (C=O) groups excluding carboxylic acids is 3. The van der Waals surface area contributed by atoms with E-state index in [1.807, 2.05) is 20.8 Å². The van der Waals surface area contributed by atoms with Gasteiger partial charge in [-0.1, -0.05) is 189 Å². The SMILES string of the molecule is CCCCCCCCCCCCCCCCCCCCCC=C(CC)c1nnc(N[C@@]23CC[C@]4(C)C(CC[C@@H]5[C@@]6(C)CC[C@H](OC(=O)CC(C)(C)C(=O)OC(C)(C)C)C(C)(C)[C@H]6CC[C@]54C)C2=C(C(C)C)C(=O)C3)o1. The number of anilines is 1. The standard InChI is InChI=1S/C66H111N3O6/c1-15-17-18-19-20-21-22-23-24-25-26-27-28-29-30-31-32-33-34-35-36-48(16-2)57-68-69-59(74-57)67-66-44-43-64(13)49(56(66)55(47(3)4)50(70)45-66)37-38-52-63(12)41-40-53(62(10,11)51(63)39-42-65(52,64)14)73-54(71)46-61(8,9)58(72)75-60(5,6)7/h36,47,49,51-53H,15-35,37-46H2,1-14H3,(H,67,69)/t49?,51-,52-,53+,63+,64-,65-,66-/m1/s1. The quantitative estimate of drug-likeness (QED) is 0.0618. The number of allylic oxidation sites excluding steroid dienone is 3. The van der Waals surface area contributed by atoms with Gasteiger partial charge in [0, 0.05) is 17.4 Å². The number of aromatic nitrogens is 2. The average molecular weight is 1040 g/mol. The molecular formula is C66H111N3O6. The van der Waals surface area contributed by atoms with Gasteiger partial charge in [-0.3, -0.25) is 14.4 Å². The van der Waals surface area contributed by atoms with Crippen LogP contribution in [0.5, 0.6) is 0 Å². The number of carbonyl (C=O) groups is 3. The molecule has 0 radical (unpaired) electrons. The average Bonchev–Trinajstić information content (AvgIpc) is 3.91. The van der Waals surface area contributed by atoms with E-state index < -0.39 is 16.6 Å². The van der Waals surface area contributed by atoms with Crippen molar-refractivity contribution in [2.24, 2.45) is 50.7 Å². The zero-order valence-electron chi connectivity index (χ0n) is 50.7. The van der Waals surface area contributed by atoms with E-state index >= 15 is 0 Å². The Labute approximate surface area is 458 Å². The molecule has 1 aromatic rings. The normalized spacial score (nSPS) is 29.7. The van der Waals surface area contributed by atoms with E-state index in [2.05, 4.69) is 83.9 Å². The van der Waals surface area contributed by atoms with Crippen molar-refractivity contribution in [3.05, 3.63) is 23.1 Å². The molecule has 6 rings (SSSR count). The predicted octanol–water partition coefficient (Wildman–Crippen LogP) is 18.5. The molecule has 1 heterocycles. The van der Waals surface area contributed by atoms with Gasteiger partial charge in [0.25, 0.3) is 0 Å². The summed E-state index contributed by atoms with van der Waals surface area (Å²) in [6, 6.07) is 0.438. The Balaban J connectivity index is 1.02. The van der Waals surface area contributed by atoms with Gasteiger partial charge in [-0.15, -0.1) is 5.10 Å². The summed E-state index contributed by atoms with van der Waals surface area (Å²) in [7, 11) is 0. The lowest BCUT2D eigenvalue weighted by molar-refractivity contribution is -0.231. The van der Waals surface area contributed by atoms with E-state index in [4.69, 9.17) is 13.9 Å². The van der Waals surface area contributed by atoms with Gasteiger partial charge >= 0.3 is 18.0 Å². The largest absolute Gasteiger partial charge is 0.462 e. The number of unbranched alkanes of at least 4 members (excludes halogenated alkanes) is 19. The Morgan fingerprint density at radius 2 is 1.28 bits per heavy atom. The van der Waals surface area contributed by atoms with Crippen LogP contribution >= 0.6 is 0 Å². The third-order valence-corrected chi connectivity index (χ3v) is 20.8. The number of ketones is 1. The summed E-state index contributed by atoms with van der Waals surface area (Å²) < 4.78 is 18.6. The Morgan fingerprint density at radius 1 is 0.707 bits per heavy atom. The molecule has 5 aliphatic carbocycles. The fraction of sp³-hybridized carbons (Fsp3) is 0.864.